The van der Waals surface area contributed by atoms with Gasteiger partial charge >= 0.3 is 0 Å². The topological polar surface area (TPSA) is 37.4 Å². The van der Waals surface area contributed by atoms with E-state index in [2.05, 4.69) is 57.9 Å². The molecule has 120 valence electrons. The number of ether oxygens (including phenoxy) is 1. The largest absolute Gasteiger partial charge is 0.385 e. The highest BCUT2D eigenvalue weighted by Gasteiger charge is 2.16. The quantitative estimate of drug-likeness (QED) is 0.784. The Labute approximate surface area is 129 Å². The Morgan fingerprint density at radius 1 is 1.29 bits per heavy atom. The number of aromatic nitrogens is 1. The van der Waals surface area contributed by atoms with Crippen LogP contribution in [0.5, 0.6) is 0 Å². The zero-order chi connectivity index (χ0) is 16.0. The number of hydrogen-bond donors (Lipinski definition) is 1. The van der Waals surface area contributed by atoms with E-state index in [1.54, 1.807) is 7.11 Å². The molecule has 0 aliphatic carbocycles. The maximum atomic E-state index is 5.14. The van der Waals surface area contributed by atoms with Crippen LogP contribution in [0.15, 0.2) is 6.07 Å². The summed E-state index contributed by atoms with van der Waals surface area (Å²) in [5.41, 5.74) is 3.76. The molecule has 1 rings (SSSR count). The summed E-state index contributed by atoms with van der Waals surface area (Å²) in [4.78, 5) is 6.99. The van der Waals surface area contributed by atoms with Gasteiger partial charge in [-0.2, -0.15) is 0 Å². The van der Waals surface area contributed by atoms with E-state index in [0.29, 0.717) is 0 Å². The second-order valence-electron chi connectivity index (χ2n) is 6.75. The molecular formula is C17H31N3O. The molecule has 1 aromatic heterocycles. The average molecular weight is 293 g/mol. The summed E-state index contributed by atoms with van der Waals surface area (Å²) in [6.45, 7) is 13.4. The average Bonchev–Trinajstić information content (AvgIpc) is 2.35. The van der Waals surface area contributed by atoms with Gasteiger partial charge in [0.15, 0.2) is 0 Å². The van der Waals surface area contributed by atoms with Crippen molar-refractivity contribution in [2.24, 2.45) is 0 Å². The van der Waals surface area contributed by atoms with Crippen LogP contribution in [0.3, 0.4) is 0 Å². The summed E-state index contributed by atoms with van der Waals surface area (Å²) in [6.07, 6.45) is 1.01. The monoisotopic (exact) mass is 293 g/mol. The van der Waals surface area contributed by atoms with Crippen molar-refractivity contribution >= 4 is 5.82 Å². The van der Waals surface area contributed by atoms with Gasteiger partial charge in [-0.15, -0.1) is 0 Å². The maximum absolute atomic E-state index is 5.14. The Hall–Kier alpha value is -1.13. The number of aryl methyl sites for hydroxylation is 2. The van der Waals surface area contributed by atoms with Gasteiger partial charge in [-0.05, 0) is 52.7 Å². The predicted octanol–water partition coefficient (Wildman–Crippen LogP) is 3.06. The summed E-state index contributed by atoms with van der Waals surface area (Å²) in [6, 6.07) is 2.16. The lowest BCUT2D eigenvalue weighted by atomic mass is 10.1. The highest BCUT2D eigenvalue weighted by molar-refractivity contribution is 5.51. The highest BCUT2D eigenvalue weighted by Crippen LogP contribution is 2.22. The third-order valence-electron chi connectivity index (χ3n) is 3.45. The molecule has 0 bridgehead atoms. The van der Waals surface area contributed by atoms with Crippen LogP contribution in [0, 0.1) is 13.8 Å². The molecule has 0 fully saturated rings. The molecular weight excluding hydrogens is 262 g/mol. The SMILES string of the molecule is COCCCN(C)c1nc(C)cc(C)c1CNC(C)(C)C. The van der Waals surface area contributed by atoms with Crippen LogP contribution in [0.1, 0.15) is 44.0 Å². The molecule has 0 aromatic carbocycles. The summed E-state index contributed by atoms with van der Waals surface area (Å²) in [5, 5.41) is 3.57. The van der Waals surface area contributed by atoms with E-state index in [9.17, 15) is 0 Å². The van der Waals surface area contributed by atoms with Crippen molar-refractivity contribution < 1.29 is 4.74 Å². The fourth-order valence-corrected chi connectivity index (χ4v) is 2.28. The third-order valence-corrected chi connectivity index (χ3v) is 3.45. The number of rotatable bonds is 7. The van der Waals surface area contributed by atoms with Crippen LogP contribution in [0.2, 0.25) is 0 Å². The molecule has 0 amide bonds. The van der Waals surface area contributed by atoms with Crippen molar-refractivity contribution in [1.29, 1.82) is 0 Å². The molecule has 0 atom stereocenters. The van der Waals surface area contributed by atoms with Crippen molar-refractivity contribution in [2.45, 2.75) is 53.1 Å². The maximum Gasteiger partial charge on any atom is 0.133 e. The van der Waals surface area contributed by atoms with Gasteiger partial charge in [-0.3, -0.25) is 0 Å². The Balaban J connectivity index is 2.94. The van der Waals surface area contributed by atoms with E-state index in [0.717, 1.165) is 37.6 Å². The molecule has 1 aromatic rings. The lowest BCUT2D eigenvalue weighted by Crippen LogP contribution is -2.36. The van der Waals surface area contributed by atoms with Crippen molar-refractivity contribution in [3.63, 3.8) is 0 Å². The molecule has 1 heterocycles. The van der Waals surface area contributed by atoms with E-state index in [-0.39, 0.29) is 5.54 Å². The van der Waals surface area contributed by atoms with E-state index in [1.807, 2.05) is 0 Å². The van der Waals surface area contributed by atoms with Gasteiger partial charge in [-0.1, -0.05) is 0 Å². The molecule has 4 nitrogen and oxygen atoms in total. The number of methoxy groups -OCH3 is 1. The van der Waals surface area contributed by atoms with E-state index in [4.69, 9.17) is 9.72 Å². The fraction of sp³-hybridized carbons (Fsp3) is 0.706. The lowest BCUT2D eigenvalue weighted by molar-refractivity contribution is 0.196. The molecule has 21 heavy (non-hydrogen) atoms. The number of anilines is 1. The van der Waals surface area contributed by atoms with Gasteiger partial charge in [0.25, 0.3) is 0 Å². The van der Waals surface area contributed by atoms with Crippen LogP contribution in [0.4, 0.5) is 5.82 Å². The third kappa shape index (κ3) is 6.02. The van der Waals surface area contributed by atoms with Gasteiger partial charge in [0.1, 0.15) is 5.82 Å². The zero-order valence-corrected chi connectivity index (χ0v) is 14.7. The summed E-state index contributed by atoms with van der Waals surface area (Å²) >= 11 is 0. The Morgan fingerprint density at radius 3 is 2.52 bits per heavy atom. The number of hydrogen-bond acceptors (Lipinski definition) is 4. The summed E-state index contributed by atoms with van der Waals surface area (Å²) in [7, 11) is 3.85. The molecule has 0 saturated heterocycles. The number of nitrogens with zero attached hydrogens (tertiary/aromatic N) is 2. The van der Waals surface area contributed by atoms with Gasteiger partial charge in [-0.25, -0.2) is 4.98 Å². The second kappa shape index (κ2) is 7.76. The first-order valence-corrected chi connectivity index (χ1v) is 7.67. The van der Waals surface area contributed by atoms with Crippen molar-refractivity contribution in [2.75, 3.05) is 32.2 Å². The molecule has 0 saturated carbocycles. The molecule has 0 aliphatic rings. The van der Waals surface area contributed by atoms with Crippen LogP contribution in [-0.2, 0) is 11.3 Å². The number of nitrogens with one attached hydrogen (secondary N) is 1. The van der Waals surface area contributed by atoms with Crippen LogP contribution in [-0.4, -0.2) is 37.8 Å². The number of pyridine rings is 1. The highest BCUT2D eigenvalue weighted by atomic mass is 16.5. The summed E-state index contributed by atoms with van der Waals surface area (Å²) < 4.78 is 5.14. The molecule has 1 N–H and O–H groups in total. The smallest absolute Gasteiger partial charge is 0.133 e. The lowest BCUT2D eigenvalue weighted by Gasteiger charge is -2.26. The van der Waals surface area contributed by atoms with Gasteiger partial charge in [0.2, 0.25) is 0 Å². The molecule has 0 radical (unpaired) electrons. The minimum Gasteiger partial charge on any atom is -0.385 e. The van der Waals surface area contributed by atoms with Gasteiger partial charge in [0, 0.05) is 50.7 Å². The van der Waals surface area contributed by atoms with E-state index < -0.39 is 0 Å². The van der Waals surface area contributed by atoms with Crippen molar-refractivity contribution in [3.05, 3.63) is 22.9 Å². The zero-order valence-electron chi connectivity index (χ0n) is 14.7. The van der Waals surface area contributed by atoms with E-state index in [1.165, 1.54) is 11.1 Å². The van der Waals surface area contributed by atoms with E-state index >= 15 is 0 Å². The first-order chi connectivity index (χ1) is 9.74. The Bertz CT molecular complexity index is 452. The normalized spacial score (nSPS) is 11.8. The minimum atomic E-state index is 0.100. The molecule has 0 spiro atoms. The summed E-state index contributed by atoms with van der Waals surface area (Å²) in [5.74, 6) is 1.08. The molecule has 4 heteroatoms. The van der Waals surface area contributed by atoms with Crippen LogP contribution in [0.25, 0.3) is 0 Å². The van der Waals surface area contributed by atoms with Gasteiger partial charge in [0.05, 0.1) is 0 Å². The van der Waals surface area contributed by atoms with Crippen molar-refractivity contribution in [1.82, 2.24) is 10.3 Å². The van der Waals surface area contributed by atoms with Gasteiger partial charge < -0.3 is 15.0 Å². The predicted molar refractivity (Wildman–Crippen MR) is 90.1 cm³/mol. The molecule has 0 unspecified atom stereocenters. The fourth-order valence-electron chi connectivity index (χ4n) is 2.28. The standard InChI is InChI=1S/C17H31N3O/c1-13-11-14(2)19-16(20(6)9-8-10-21-7)15(13)12-18-17(3,4)5/h11,18H,8-10,12H2,1-7H3. The minimum absolute atomic E-state index is 0.100. The second-order valence-corrected chi connectivity index (χ2v) is 6.75. The first kappa shape index (κ1) is 17.9. The van der Waals surface area contributed by atoms with Crippen LogP contribution >= 0.6 is 0 Å². The molecule has 0 aliphatic heterocycles. The van der Waals surface area contributed by atoms with Crippen molar-refractivity contribution in [3.8, 4) is 0 Å². The Kier molecular flexibility index (Phi) is 6.62. The van der Waals surface area contributed by atoms with Crippen LogP contribution < -0.4 is 10.2 Å². The Morgan fingerprint density at radius 2 is 1.95 bits per heavy atom. The first-order valence-electron chi connectivity index (χ1n) is 7.67.